The molecule has 5 rings (SSSR count). The normalized spacial score (nSPS) is 11.9. The van der Waals surface area contributed by atoms with Crippen molar-refractivity contribution in [3.8, 4) is 23.0 Å². The van der Waals surface area contributed by atoms with E-state index in [1.54, 1.807) is 6.07 Å². The van der Waals surface area contributed by atoms with Crippen LogP contribution >= 0.6 is 0 Å². The van der Waals surface area contributed by atoms with Crippen molar-refractivity contribution < 1.29 is 34.8 Å². The Morgan fingerprint density at radius 3 is 1.69 bits per heavy atom. The Hall–Kier alpha value is -6.55. The number of hydrogen-bond acceptors (Lipinski definition) is 7. The number of aromatic hydroxyl groups is 4. The summed E-state index contributed by atoms with van der Waals surface area (Å²) in [4.78, 5) is 43.9. The fraction of sp³-hybridized carbons (Fsp3) is 0.146. The molecule has 0 spiro atoms. The maximum absolute atomic E-state index is 15.0. The lowest BCUT2D eigenvalue weighted by atomic mass is 9.74. The molecule has 0 aromatic heterocycles. The van der Waals surface area contributed by atoms with Crippen LogP contribution in [0.5, 0.6) is 23.0 Å². The van der Waals surface area contributed by atoms with Gasteiger partial charge in [0.1, 0.15) is 11.6 Å². The Morgan fingerprint density at radius 2 is 1.20 bits per heavy atom. The van der Waals surface area contributed by atoms with Crippen LogP contribution < -0.4 is 10.6 Å². The summed E-state index contributed by atoms with van der Waals surface area (Å²) in [6.07, 6.45) is 2.61. The number of carbonyl (C=O) groups excluding carboxylic acids is 3. The molecular weight excluding hydrogens is 646 g/mol. The van der Waals surface area contributed by atoms with Gasteiger partial charge in [-0.2, -0.15) is 0 Å². The molecule has 260 valence electrons. The first-order valence-electron chi connectivity index (χ1n) is 16.3. The fourth-order valence-electron chi connectivity index (χ4n) is 6.16. The third kappa shape index (κ3) is 8.02. The quantitative estimate of drug-likeness (QED) is 0.0538. The van der Waals surface area contributed by atoms with E-state index in [1.807, 2.05) is 91.0 Å². The van der Waals surface area contributed by atoms with Gasteiger partial charge in [0.15, 0.2) is 23.0 Å². The maximum Gasteiger partial charge on any atom is 0.248 e. The molecule has 5 aromatic carbocycles. The van der Waals surface area contributed by atoms with Crippen molar-refractivity contribution in [3.63, 3.8) is 0 Å². The van der Waals surface area contributed by atoms with Gasteiger partial charge in [-0.1, -0.05) is 103 Å². The summed E-state index contributed by atoms with van der Waals surface area (Å²) in [6.45, 7) is -0.0528. The zero-order valence-electron chi connectivity index (χ0n) is 27.9. The Bertz CT molecular complexity index is 1900. The summed E-state index contributed by atoms with van der Waals surface area (Å²) in [5, 5.41) is 45.4. The van der Waals surface area contributed by atoms with Crippen LogP contribution in [0.3, 0.4) is 0 Å². The van der Waals surface area contributed by atoms with Crippen LogP contribution in [0.25, 0.3) is 6.08 Å². The van der Waals surface area contributed by atoms with Crippen molar-refractivity contribution in [2.45, 2.75) is 31.0 Å². The number of hydrogen-bond donors (Lipinski definition) is 6. The number of phenolic OH excluding ortho intramolecular Hbond substituents is 4. The topological polar surface area (TPSA) is 159 Å². The number of amides is 3. The van der Waals surface area contributed by atoms with E-state index in [1.165, 1.54) is 54.4 Å². The van der Waals surface area contributed by atoms with Gasteiger partial charge in [0.25, 0.3) is 0 Å². The van der Waals surface area contributed by atoms with E-state index in [-0.39, 0.29) is 48.3 Å². The fourth-order valence-corrected chi connectivity index (χ4v) is 6.16. The van der Waals surface area contributed by atoms with E-state index >= 15 is 4.79 Å². The summed E-state index contributed by atoms with van der Waals surface area (Å²) in [7, 11) is 1.50. The molecule has 0 saturated heterocycles. The van der Waals surface area contributed by atoms with Crippen molar-refractivity contribution >= 4 is 23.8 Å². The second-order valence-corrected chi connectivity index (χ2v) is 11.9. The molecule has 10 heteroatoms. The number of phenols is 4. The summed E-state index contributed by atoms with van der Waals surface area (Å²) in [5.74, 6) is -2.82. The summed E-state index contributed by atoms with van der Waals surface area (Å²) < 4.78 is 0. The zero-order valence-corrected chi connectivity index (χ0v) is 27.9. The third-order valence-corrected chi connectivity index (χ3v) is 8.64. The highest BCUT2D eigenvalue weighted by atomic mass is 16.3. The Morgan fingerprint density at radius 1 is 0.686 bits per heavy atom. The van der Waals surface area contributed by atoms with Crippen LogP contribution in [-0.2, 0) is 26.5 Å². The molecule has 10 nitrogen and oxygen atoms in total. The molecule has 0 unspecified atom stereocenters. The Kier molecular flexibility index (Phi) is 11.4. The van der Waals surface area contributed by atoms with E-state index in [0.29, 0.717) is 27.8 Å². The van der Waals surface area contributed by atoms with Crippen molar-refractivity contribution in [1.29, 1.82) is 0 Å². The number of nitrogens with one attached hydrogen (secondary N) is 2. The minimum atomic E-state index is -1.43. The summed E-state index contributed by atoms with van der Waals surface area (Å²) >= 11 is 0. The van der Waals surface area contributed by atoms with Gasteiger partial charge >= 0.3 is 0 Å². The zero-order chi connectivity index (χ0) is 36.4. The van der Waals surface area contributed by atoms with Gasteiger partial charge in [0.2, 0.25) is 17.7 Å². The summed E-state index contributed by atoms with van der Waals surface area (Å²) in [6, 6.07) is 35.1. The Balaban J connectivity index is 1.76. The monoisotopic (exact) mass is 685 g/mol. The van der Waals surface area contributed by atoms with Crippen molar-refractivity contribution in [2.24, 2.45) is 0 Å². The minimum Gasteiger partial charge on any atom is -0.504 e. The first-order chi connectivity index (χ1) is 24.6. The van der Waals surface area contributed by atoms with Crippen molar-refractivity contribution in [1.82, 2.24) is 15.5 Å². The van der Waals surface area contributed by atoms with Crippen LogP contribution in [0.4, 0.5) is 0 Å². The minimum absolute atomic E-state index is 0.0528. The van der Waals surface area contributed by atoms with Gasteiger partial charge < -0.3 is 36.0 Å². The van der Waals surface area contributed by atoms with Gasteiger partial charge in [-0.05, 0) is 64.6 Å². The largest absolute Gasteiger partial charge is 0.504 e. The highest BCUT2D eigenvalue weighted by molar-refractivity contribution is 5.97. The van der Waals surface area contributed by atoms with Crippen molar-refractivity contribution in [3.05, 3.63) is 161 Å². The highest BCUT2D eigenvalue weighted by Crippen LogP contribution is 2.44. The van der Waals surface area contributed by atoms with E-state index in [0.717, 1.165) is 0 Å². The molecule has 0 heterocycles. The number of carbonyl (C=O) groups is 3. The average Bonchev–Trinajstić information content (AvgIpc) is 3.16. The third-order valence-electron chi connectivity index (χ3n) is 8.64. The van der Waals surface area contributed by atoms with Gasteiger partial charge in [-0.3, -0.25) is 14.4 Å². The molecule has 6 N–H and O–H groups in total. The first-order valence-corrected chi connectivity index (χ1v) is 16.3. The molecule has 1 atom stereocenters. The predicted octanol–water partition coefficient (Wildman–Crippen LogP) is 5.55. The lowest BCUT2D eigenvalue weighted by Gasteiger charge is -2.48. The second kappa shape index (κ2) is 16.2. The average molecular weight is 686 g/mol. The molecule has 0 aliphatic carbocycles. The molecule has 5 aromatic rings. The second-order valence-electron chi connectivity index (χ2n) is 11.9. The standard InChI is InChI=1S/C41H39N3O7/c1-42-38(49)23-20-33(40(51)43-27-29-18-22-35(46)37(48)26-29)44(39(50)24-19-28-17-21-34(45)36(47)25-28)41(30-11-5-2-6-12-30,31-13-7-3-8-14-31)32-15-9-4-10-16-32/h2-19,21-22,24-26,33,45-48H,20,23,27H2,1H3,(H,42,49)(H,43,51)/b24-19+/t33-/m0/s1. The Labute approximate surface area is 296 Å². The highest BCUT2D eigenvalue weighted by Gasteiger charge is 2.49. The van der Waals surface area contributed by atoms with Crippen LogP contribution in [0.2, 0.25) is 0 Å². The molecule has 0 bridgehead atoms. The predicted molar refractivity (Wildman–Crippen MR) is 194 cm³/mol. The molecule has 0 fully saturated rings. The van der Waals surface area contributed by atoms with Crippen LogP contribution in [-0.4, -0.2) is 56.1 Å². The lowest BCUT2D eigenvalue weighted by molar-refractivity contribution is -0.142. The molecule has 51 heavy (non-hydrogen) atoms. The van der Waals surface area contributed by atoms with Crippen LogP contribution in [0, 0.1) is 0 Å². The lowest BCUT2D eigenvalue weighted by Crippen LogP contribution is -2.59. The number of benzene rings is 5. The van der Waals surface area contributed by atoms with E-state index in [9.17, 15) is 30.0 Å². The van der Waals surface area contributed by atoms with Gasteiger partial charge in [0, 0.05) is 26.1 Å². The molecule has 0 radical (unpaired) electrons. The molecule has 0 aliphatic heterocycles. The molecule has 0 aliphatic rings. The molecular formula is C41H39N3O7. The van der Waals surface area contributed by atoms with Crippen LogP contribution in [0.1, 0.15) is 40.7 Å². The SMILES string of the molecule is CNC(=O)CC[C@@H](C(=O)NCc1ccc(O)c(O)c1)N(C(=O)/C=C/c1ccc(O)c(O)c1)C(c1ccccc1)(c1ccccc1)c1ccccc1. The van der Waals surface area contributed by atoms with E-state index < -0.39 is 23.4 Å². The van der Waals surface area contributed by atoms with Crippen LogP contribution in [0.15, 0.2) is 133 Å². The number of nitrogens with zero attached hydrogens (tertiary/aromatic N) is 1. The smallest absolute Gasteiger partial charge is 0.248 e. The van der Waals surface area contributed by atoms with Crippen molar-refractivity contribution in [2.75, 3.05) is 7.05 Å². The van der Waals surface area contributed by atoms with Gasteiger partial charge in [0.05, 0.1) is 0 Å². The molecule has 3 amide bonds. The summed E-state index contributed by atoms with van der Waals surface area (Å²) in [5.41, 5.74) is 1.51. The van der Waals surface area contributed by atoms with E-state index in [2.05, 4.69) is 10.6 Å². The molecule has 0 saturated carbocycles. The van der Waals surface area contributed by atoms with Gasteiger partial charge in [-0.25, -0.2) is 0 Å². The van der Waals surface area contributed by atoms with E-state index in [4.69, 9.17) is 0 Å². The maximum atomic E-state index is 15.0. The van der Waals surface area contributed by atoms with Gasteiger partial charge in [-0.15, -0.1) is 0 Å². The first kappa shape index (κ1) is 35.7. The number of rotatable bonds is 13.